The van der Waals surface area contributed by atoms with E-state index >= 15 is 0 Å². The number of hydrogen-bond donors (Lipinski definition) is 1. The Morgan fingerprint density at radius 2 is 1.75 bits per heavy atom. The van der Waals surface area contributed by atoms with Gasteiger partial charge in [-0.25, -0.2) is 0 Å². The Hall–Kier alpha value is -2.82. The second kappa shape index (κ2) is 8.05. The van der Waals surface area contributed by atoms with E-state index in [4.69, 9.17) is 0 Å². The van der Waals surface area contributed by atoms with Crippen LogP contribution in [-0.4, -0.2) is 31.4 Å². The van der Waals surface area contributed by atoms with E-state index in [0.717, 1.165) is 43.0 Å². The molecule has 2 aromatic carbocycles. The summed E-state index contributed by atoms with van der Waals surface area (Å²) in [6, 6.07) is 13.9. The molecule has 5 nitrogen and oxygen atoms in total. The molecule has 0 unspecified atom stereocenters. The van der Waals surface area contributed by atoms with Crippen molar-refractivity contribution in [1.82, 2.24) is 0 Å². The Bertz CT molecular complexity index is 870. The quantitative estimate of drug-likeness (QED) is 0.860. The molecule has 0 bridgehead atoms. The summed E-state index contributed by atoms with van der Waals surface area (Å²) in [5, 5.41) is 3.00. The van der Waals surface area contributed by atoms with Crippen LogP contribution in [0.15, 0.2) is 42.5 Å². The summed E-state index contributed by atoms with van der Waals surface area (Å²) in [6.45, 7) is 5.12. The van der Waals surface area contributed by atoms with Crippen LogP contribution in [0.4, 0.5) is 17.1 Å². The number of hydrogen-bond acceptors (Lipinski definition) is 3. The van der Waals surface area contributed by atoms with Crippen LogP contribution in [0.5, 0.6) is 0 Å². The van der Waals surface area contributed by atoms with Crippen LogP contribution < -0.4 is 15.1 Å². The van der Waals surface area contributed by atoms with Crippen LogP contribution >= 0.6 is 0 Å². The van der Waals surface area contributed by atoms with Crippen molar-refractivity contribution in [3.05, 3.63) is 53.6 Å². The summed E-state index contributed by atoms with van der Waals surface area (Å²) >= 11 is 0. The van der Waals surface area contributed by atoms with Crippen LogP contribution in [0.2, 0.25) is 0 Å². The molecule has 0 radical (unpaired) electrons. The fourth-order valence-corrected chi connectivity index (χ4v) is 4.15. The minimum Gasteiger partial charge on any atom is -0.371 e. The van der Waals surface area contributed by atoms with Crippen molar-refractivity contribution in [2.24, 2.45) is 0 Å². The lowest BCUT2D eigenvalue weighted by atomic mass is 10.1. The summed E-state index contributed by atoms with van der Waals surface area (Å²) in [5.74, 6) is 0.150. The Kier molecular flexibility index (Phi) is 5.33. The van der Waals surface area contributed by atoms with Crippen LogP contribution in [0.25, 0.3) is 0 Å². The van der Waals surface area contributed by atoms with E-state index < -0.39 is 0 Å². The number of benzene rings is 2. The molecule has 2 fully saturated rings. The molecule has 0 aromatic heterocycles. The molecular formula is C23H27N3O2. The molecule has 0 atom stereocenters. The van der Waals surface area contributed by atoms with Crippen molar-refractivity contribution in [2.75, 3.05) is 34.8 Å². The van der Waals surface area contributed by atoms with Gasteiger partial charge in [-0.15, -0.1) is 0 Å². The van der Waals surface area contributed by atoms with Gasteiger partial charge in [-0.3, -0.25) is 9.59 Å². The number of rotatable bonds is 5. The molecule has 0 saturated carbocycles. The average molecular weight is 377 g/mol. The molecule has 2 aromatic rings. The van der Waals surface area contributed by atoms with Gasteiger partial charge in [-0.1, -0.05) is 12.1 Å². The second-order valence-electron chi connectivity index (χ2n) is 7.74. The standard InChI is InChI=1S/C23H27N3O2/c1-17-15-19(8-11-21(17)25-12-2-3-13-25)24-22(27)16-18-6-9-20(10-7-18)26-14-4-5-23(26)28/h6-11,15H,2-5,12-14,16H2,1H3,(H,24,27). The highest BCUT2D eigenvalue weighted by molar-refractivity contribution is 5.95. The number of amides is 2. The lowest BCUT2D eigenvalue weighted by Crippen LogP contribution is -2.23. The van der Waals surface area contributed by atoms with E-state index in [-0.39, 0.29) is 11.8 Å². The molecule has 28 heavy (non-hydrogen) atoms. The van der Waals surface area contributed by atoms with Gasteiger partial charge in [-0.05, 0) is 67.6 Å². The Morgan fingerprint density at radius 1 is 1.00 bits per heavy atom. The minimum absolute atomic E-state index is 0.0293. The highest BCUT2D eigenvalue weighted by Crippen LogP contribution is 2.27. The van der Waals surface area contributed by atoms with Crippen LogP contribution in [0, 0.1) is 6.92 Å². The molecule has 5 heteroatoms. The van der Waals surface area contributed by atoms with Gasteiger partial charge in [0.05, 0.1) is 6.42 Å². The maximum Gasteiger partial charge on any atom is 0.228 e. The van der Waals surface area contributed by atoms with Crippen molar-refractivity contribution in [2.45, 2.75) is 39.0 Å². The number of anilines is 3. The van der Waals surface area contributed by atoms with Crippen molar-refractivity contribution in [1.29, 1.82) is 0 Å². The predicted molar refractivity (Wildman–Crippen MR) is 113 cm³/mol. The lowest BCUT2D eigenvalue weighted by molar-refractivity contribution is -0.117. The number of nitrogens with zero attached hydrogens (tertiary/aromatic N) is 2. The Balaban J connectivity index is 1.36. The normalized spacial score (nSPS) is 16.7. The molecular weight excluding hydrogens is 350 g/mol. The minimum atomic E-state index is -0.0293. The monoisotopic (exact) mass is 377 g/mol. The first kappa shape index (κ1) is 18.5. The first-order chi connectivity index (χ1) is 13.6. The van der Waals surface area contributed by atoms with Gasteiger partial charge >= 0.3 is 0 Å². The molecule has 1 N–H and O–H groups in total. The van der Waals surface area contributed by atoms with Crippen molar-refractivity contribution in [3.8, 4) is 0 Å². The zero-order chi connectivity index (χ0) is 19.5. The molecule has 0 spiro atoms. The van der Waals surface area contributed by atoms with Gasteiger partial charge < -0.3 is 15.1 Å². The van der Waals surface area contributed by atoms with E-state index in [1.165, 1.54) is 24.1 Å². The van der Waals surface area contributed by atoms with Crippen LogP contribution in [-0.2, 0) is 16.0 Å². The Morgan fingerprint density at radius 3 is 2.39 bits per heavy atom. The van der Waals surface area contributed by atoms with Gasteiger partial charge in [0, 0.05) is 43.1 Å². The molecule has 2 heterocycles. The number of nitrogens with one attached hydrogen (secondary N) is 1. The summed E-state index contributed by atoms with van der Waals surface area (Å²) in [7, 11) is 0. The maximum atomic E-state index is 12.4. The van der Waals surface area contributed by atoms with E-state index in [1.807, 2.05) is 41.3 Å². The van der Waals surface area contributed by atoms with Crippen LogP contribution in [0.3, 0.4) is 0 Å². The molecule has 146 valence electrons. The summed E-state index contributed by atoms with van der Waals surface area (Å²) in [4.78, 5) is 28.5. The van der Waals surface area contributed by atoms with E-state index in [0.29, 0.717) is 12.8 Å². The SMILES string of the molecule is Cc1cc(NC(=O)Cc2ccc(N3CCCC3=O)cc2)ccc1N1CCCC1. The number of carbonyl (C=O) groups is 2. The summed E-state index contributed by atoms with van der Waals surface area (Å²) < 4.78 is 0. The largest absolute Gasteiger partial charge is 0.371 e. The fourth-order valence-electron chi connectivity index (χ4n) is 4.15. The Labute approximate surface area is 166 Å². The molecule has 0 aliphatic carbocycles. The van der Waals surface area contributed by atoms with Gasteiger partial charge in [0.2, 0.25) is 11.8 Å². The summed E-state index contributed by atoms with van der Waals surface area (Å²) in [6.07, 6.45) is 4.37. The zero-order valence-electron chi connectivity index (χ0n) is 16.4. The van der Waals surface area contributed by atoms with Crippen molar-refractivity contribution < 1.29 is 9.59 Å². The third-order valence-corrected chi connectivity index (χ3v) is 5.61. The average Bonchev–Trinajstić information content (AvgIpc) is 3.34. The molecule has 2 amide bonds. The van der Waals surface area contributed by atoms with Crippen molar-refractivity contribution >= 4 is 28.9 Å². The predicted octanol–water partition coefficient (Wildman–Crippen LogP) is 3.90. The smallest absolute Gasteiger partial charge is 0.228 e. The summed E-state index contributed by atoms with van der Waals surface area (Å²) in [5.41, 5.74) is 5.16. The van der Waals surface area contributed by atoms with E-state index in [1.54, 1.807) is 0 Å². The first-order valence-electron chi connectivity index (χ1n) is 10.1. The van der Waals surface area contributed by atoms with E-state index in [9.17, 15) is 9.59 Å². The van der Waals surface area contributed by atoms with Crippen molar-refractivity contribution in [3.63, 3.8) is 0 Å². The fraction of sp³-hybridized carbons (Fsp3) is 0.391. The number of carbonyl (C=O) groups excluding carboxylic acids is 2. The topological polar surface area (TPSA) is 52.7 Å². The maximum absolute atomic E-state index is 12.4. The van der Waals surface area contributed by atoms with Gasteiger partial charge in [-0.2, -0.15) is 0 Å². The zero-order valence-corrected chi connectivity index (χ0v) is 16.4. The highest BCUT2D eigenvalue weighted by Gasteiger charge is 2.21. The van der Waals surface area contributed by atoms with E-state index in [2.05, 4.69) is 23.2 Å². The number of aryl methyl sites for hydroxylation is 1. The lowest BCUT2D eigenvalue weighted by Gasteiger charge is -2.20. The van der Waals surface area contributed by atoms with Crippen LogP contribution in [0.1, 0.15) is 36.8 Å². The molecule has 2 aliphatic heterocycles. The molecule has 2 saturated heterocycles. The highest BCUT2D eigenvalue weighted by atomic mass is 16.2. The third kappa shape index (κ3) is 4.03. The second-order valence-corrected chi connectivity index (χ2v) is 7.74. The van der Waals surface area contributed by atoms with Gasteiger partial charge in [0.1, 0.15) is 0 Å². The first-order valence-corrected chi connectivity index (χ1v) is 10.1. The van der Waals surface area contributed by atoms with Gasteiger partial charge in [0.15, 0.2) is 0 Å². The third-order valence-electron chi connectivity index (χ3n) is 5.61. The van der Waals surface area contributed by atoms with Gasteiger partial charge in [0.25, 0.3) is 0 Å². The molecule has 4 rings (SSSR count). The molecule has 2 aliphatic rings.